The van der Waals surface area contributed by atoms with Gasteiger partial charge in [-0.15, -0.1) is 0 Å². The van der Waals surface area contributed by atoms with Crippen molar-refractivity contribution in [2.24, 2.45) is 0 Å². The molecule has 0 heterocycles. The second kappa shape index (κ2) is 9.77. The molecule has 0 aromatic heterocycles. The van der Waals surface area contributed by atoms with Gasteiger partial charge < -0.3 is 14.2 Å². The van der Waals surface area contributed by atoms with Gasteiger partial charge in [-0.1, -0.05) is 30.9 Å². The third-order valence-electron chi connectivity index (χ3n) is 2.65. The van der Waals surface area contributed by atoms with Crippen LogP contribution in [0.5, 0.6) is 5.75 Å². The van der Waals surface area contributed by atoms with E-state index in [1.54, 1.807) is 14.0 Å². The van der Waals surface area contributed by atoms with Crippen molar-refractivity contribution < 1.29 is 19.0 Å². The Morgan fingerprint density at radius 2 is 1.95 bits per heavy atom. The summed E-state index contributed by atoms with van der Waals surface area (Å²) >= 11 is 0. The van der Waals surface area contributed by atoms with E-state index in [0.717, 1.165) is 11.3 Å². The van der Waals surface area contributed by atoms with Crippen molar-refractivity contribution in [1.29, 1.82) is 0 Å². The molecule has 0 aliphatic carbocycles. The van der Waals surface area contributed by atoms with E-state index in [0.29, 0.717) is 31.8 Å². The molecule has 0 radical (unpaired) electrons. The molecule has 0 atom stereocenters. The van der Waals surface area contributed by atoms with Crippen molar-refractivity contribution in [3.63, 3.8) is 0 Å². The standard InChI is InChI=1S/C17H22O4/c1-14(2)17(18)21-13-5-12-20-11-4-6-15-7-9-16(19-3)10-8-15/h4,6-10H,1,5,11-13H2,2-3H3. The third kappa shape index (κ3) is 7.32. The number of ether oxygens (including phenoxy) is 3. The minimum atomic E-state index is -0.352. The minimum absolute atomic E-state index is 0.352. The van der Waals surface area contributed by atoms with Crippen molar-refractivity contribution in [3.8, 4) is 5.75 Å². The lowest BCUT2D eigenvalue weighted by atomic mass is 10.2. The summed E-state index contributed by atoms with van der Waals surface area (Å²) in [5.74, 6) is 0.488. The van der Waals surface area contributed by atoms with Crippen LogP contribution in [0.1, 0.15) is 18.9 Å². The maximum Gasteiger partial charge on any atom is 0.333 e. The fourth-order valence-electron chi connectivity index (χ4n) is 1.50. The van der Waals surface area contributed by atoms with Crippen LogP contribution in [0.25, 0.3) is 6.08 Å². The minimum Gasteiger partial charge on any atom is -0.497 e. The average molecular weight is 290 g/mol. The smallest absolute Gasteiger partial charge is 0.333 e. The predicted molar refractivity (Wildman–Crippen MR) is 83.2 cm³/mol. The normalized spacial score (nSPS) is 10.6. The molecule has 0 aliphatic heterocycles. The number of hydrogen-bond acceptors (Lipinski definition) is 4. The number of benzene rings is 1. The molecule has 1 rings (SSSR count). The van der Waals surface area contributed by atoms with Crippen molar-refractivity contribution in [1.82, 2.24) is 0 Å². The highest BCUT2D eigenvalue weighted by Crippen LogP contribution is 2.12. The van der Waals surface area contributed by atoms with Gasteiger partial charge in [0.1, 0.15) is 5.75 Å². The fraction of sp³-hybridized carbons (Fsp3) is 0.353. The van der Waals surface area contributed by atoms with Gasteiger partial charge in [0.25, 0.3) is 0 Å². The van der Waals surface area contributed by atoms with Crippen LogP contribution >= 0.6 is 0 Å². The summed E-state index contributed by atoms with van der Waals surface area (Å²) in [4.78, 5) is 11.1. The van der Waals surface area contributed by atoms with Gasteiger partial charge in [-0.05, 0) is 24.6 Å². The Labute approximate surface area is 126 Å². The number of rotatable bonds is 9. The lowest BCUT2D eigenvalue weighted by Crippen LogP contribution is -2.08. The molecule has 0 amide bonds. The molecule has 0 N–H and O–H groups in total. The van der Waals surface area contributed by atoms with Crippen molar-refractivity contribution in [3.05, 3.63) is 48.1 Å². The number of esters is 1. The van der Waals surface area contributed by atoms with Gasteiger partial charge in [-0.25, -0.2) is 4.79 Å². The second-order valence-electron chi connectivity index (χ2n) is 4.52. The second-order valence-corrected chi connectivity index (χ2v) is 4.52. The molecule has 0 saturated heterocycles. The van der Waals surface area contributed by atoms with Gasteiger partial charge in [0.15, 0.2) is 0 Å². The third-order valence-corrected chi connectivity index (χ3v) is 2.65. The van der Waals surface area contributed by atoms with E-state index < -0.39 is 0 Å². The maximum atomic E-state index is 11.1. The van der Waals surface area contributed by atoms with Crippen LogP contribution < -0.4 is 4.74 Å². The van der Waals surface area contributed by atoms with Crippen molar-refractivity contribution in [2.75, 3.05) is 26.9 Å². The van der Waals surface area contributed by atoms with E-state index >= 15 is 0 Å². The van der Waals surface area contributed by atoms with Gasteiger partial charge in [0.2, 0.25) is 0 Å². The highest BCUT2D eigenvalue weighted by molar-refractivity contribution is 5.86. The SMILES string of the molecule is C=C(C)C(=O)OCCCOCC=Cc1ccc(OC)cc1. The summed E-state index contributed by atoms with van der Waals surface area (Å²) in [5.41, 5.74) is 1.51. The number of carbonyl (C=O) groups is 1. The summed E-state index contributed by atoms with van der Waals surface area (Å²) in [6.07, 6.45) is 4.61. The lowest BCUT2D eigenvalue weighted by molar-refractivity contribution is -0.139. The molecule has 4 heteroatoms. The molecule has 0 fully saturated rings. The van der Waals surface area contributed by atoms with Crippen LogP contribution in [-0.4, -0.2) is 32.9 Å². The topological polar surface area (TPSA) is 44.8 Å². The zero-order valence-electron chi connectivity index (χ0n) is 12.6. The van der Waals surface area contributed by atoms with Crippen molar-refractivity contribution >= 4 is 12.0 Å². The molecule has 0 unspecified atom stereocenters. The van der Waals surface area contributed by atoms with Gasteiger partial charge >= 0.3 is 5.97 Å². The number of carbonyl (C=O) groups excluding carboxylic acids is 1. The van der Waals surface area contributed by atoms with Crippen LogP contribution in [0.4, 0.5) is 0 Å². The first kappa shape index (κ1) is 17.0. The molecular weight excluding hydrogens is 268 g/mol. The predicted octanol–water partition coefficient (Wildman–Crippen LogP) is 3.23. The highest BCUT2D eigenvalue weighted by Gasteiger charge is 2.01. The maximum absolute atomic E-state index is 11.1. The average Bonchev–Trinajstić information content (AvgIpc) is 2.50. The van der Waals surface area contributed by atoms with Crippen LogP contribution in [0.2, 0.25) is 0 Å². The molecule has 1 aromatic rings. The van der Waals surface area contributed by atoms with E-state index in [4.69, 9.17) is 14.2 Å². The monoisotopic (exact) mass is 290 g/mol. The van der Waals surface area contributed by atoms with Crippen LogP contribution in [0.3, 0.4) is 0 Å². The molecule has 0 spiro atoms. The Kier molecular flexibility index (Phi) is 7.90. The zero-order chi connectivity index (χ0) is 15.5. The summed E-state index contributed by atoms with van der Waals surface area (Å²) in [6, 6.07) is 7.78. The molecule has 114 valence electrons. The van der Waals surface area contributed by atoms with Crippen LogP contribution in [0, 0.1) is 0 Å². The Bertz CT molecular complexity index is 474. The molecule has 21 heavy (non-hydrogen) atoms. The summed E-state index contributed by atoms with van der Waals surface area (Å²) in [7, 11) is 1.65. The Balaban J connectivity index is 2.09. The Morgan fingerprint density at radius 1 is 1.24 bits per heavy atom. The first-order valence-electron chi connectivity index (χ1n) is 6.84. The van der Waals surface area contributed by atoms with Gasteiger partial charge in [0.05, 0.1) is 26.9 Å². The van der Waals surface area contributed by atoms with E-state index in [2.05, 4.69) is 6.58 Å². The molecule has 4 nitrogen and oxygen atoms in total. The van der Waals surface area contributed by atoms with Gasteiger partial charge in [-0.3, -0.25) is 0 Å². The van der Waals surface area contributed by atoms with Gasteiger partial charge in [0, 0.05) is 12.0 Å². The van der Waals surface area contributed by atoms with Gasteiger partial charge in [-0.2, -0.15) is 0 Å². The lowest BCUT2D eigenvalue weighted by Gasteiger charge is -2.04. The van der Waals surface area contributed by atoms with Crippen LogP contribution in [-0.2, 0) is 14.3 Å². The highest BCUT2D eigenvalue weighted by atomic mass is 16.5. The number of methoxy groups -OCH3 is 1. The first-order valence-corrected chi connectivity index (χ1v) is 6.84. The summed E-state index contributed by atoms with van der Waals surface area (Å²) in [5, 5.41) is 0. The summed E-state index contributed by atoms with van der Waals surface area (Å²) in [6.45, 7) is 6.57. The van der Waals surface area contributed by atoms with E-state index in [9.17, 15) is 4.79 Å². The molecular formula is C17H22O4. The zero-order valence-corrected chi connectivity index (χ0v) is 12.6. The van der Waals surface area contributed by atoms with E-state index in [1.165, 1.54) is 0 Å². The molecule has 0 aliphatic rings. The Hall–Kier alpha value is -2.07. The molecule has 0 saturated carbocycles. The largest absolute Gasteiger partial charge is 0.497 e. The molecule has 1 aromatic carbocycles. The summed E-state index contributed by atoms with van der Waals surface area (Å²) < 4.78 is 15.5. The van der Waals surface area contributed by atoms with Crippen LogP contribution in [0.15, 0.2) is 42.5 Å². The molecule has 0 bridgehead atoms. The van der Waals surface area contributed by atoms with E-state index in [-0.39, 0.29) is 5.97 Å². The number of hydrogen-bond donors (Lipinski definition) is 0. The fourth-order valence-corrected chi connectivity index (χ4v) is 1.50. The van der Waals surface area contributed by atoms with E-state index in [1.807, 2.05) is 36.4 Å². The first-order chi connectivity index (χ1) is 10.1. The van der Waals surface area contributed by atoms with Crippen molar-refractivity contribution in [2.45, 2.75) is 13.3 Å². The Morgan fingerprint density at radius 3 is 2.57 bits per heavy atom. The quantitative estimate of drug-likeness (QED) is 0.398.